The van der Waals surface area contributed by atoms with Crippen molar-refractivity contribution < 1.29 is 30.9 Å². The van der Waals surface area contributed by atoms with E-state index in [2.05, 4.69) is 87.5 Å². The van der Waals surface area contributed by atoms with Gasteiger partial charge in [0.15, 0.2) is 0 Å². The molecule has 5 nitrogen and oxygen atoms in total. The first-order valence-corrected chi connectivity index (χ1v) is 13.2. The molecular weight excluding hydrogens is 677 g/mol. The number of hydrogen-bond donors (Lipinski definition) is 1. The van der Waals surface area contributed by atoms with E-state index < -0.39 is 0 Å². The van der Waals surface area contributed by atoms with Gasteiger partial charge < -0.3 is 14.4 Å². The van der Waals surface area contributed by atoms with Crippen molar-refractivity contribution in [2.45, 2.75) is 52.4 Å². The van der Waals surface area contributed by atoms with E-state index in [9.17, 15) is 5.11 Å². The first-order valence-electron chi connectivity index (χ1n) is 13.2. The average molecular weight is 710 g/mol. The number of benzene rings is 3. The molecule has 0 spiro atoms. The van der Waals surface area contributed by atoms with Crippen molar-refractivity contribution >= 4 is 32.7 Å². The van der Waals surface area contributed by atoms with Crippen LogP contribution in [0.15, 0.2) is 79.0 Å². The predicted molar refractivity (Wildman–Crippen MR) is 158 cm³/mol. The Bertz CT molecular complexity index is 1860. The van der Waals surface area contributed by atoms with Crippen molar-refractivity contribution in [1.29, 1.82) is 0 Å². The summed E-state index contributed by atoms with van der Waals surface area (Å²) in [7, 11) is 0. The van der Waals surface area contributed by atoms with Crippen molar-refractivity contribution in [3.05, 3.63) is 96.2 Å². The summed E-state index contributed by atoms with van der Waals surface area (Å²) in [5.41, 5.74) is 4.13. The smallest absolute Gasteiger partial charge is 0.221 e. The fraction of sp³-hybridized carbons (Fsp3) is 0.235. The number of phenolic OH excluding ortho intramolecular Hbond substituents is 1. The van der Waals surface area contributed by atoms with E-state index in [0.717, 1.165) is 44.1 Å². The number of nitrogens with zero attached hydrogens (tertiary/aromatic N) is 3. The zero-order chi connectivity index (χ0) is 27.5. The van der Waals surface area contributed by atoms with Crippen molar-refractivity contribution in [2.75, 3.05) is 0 Å². The third-order valence-corrected chi connectivity index (χ3v) is 7.18. The summed E-state index contributed by atoms with van der Waals surface area (Å²) in [4.78, 5) is 9.46. The van der Waals surface area contributed by atoms with Crippen LogP contribution in [0.1, 0.15) is 52.7 Å². The minimum absolute atomic E-state index is 0. The van der Waals surface area contributed by atoms with E-state index in [1.807, 2.05) is 36.4 Å². The fourth-order valence-electron chi connectivity index (χ4n) is 5.06. The van der Waals surface area contributed by atoms with Crippen LogP contribution < -0.4 is 4.74 Å². The first-order chi connectivity index (χ1) is 18.5. The second-order valence-corrected chi connectivity index (χ2v) is 12.1. The molecule has 206 valence electrons. The Balaban J connectivity index is 0.00000323. The maximum Gasteiger partial charge on any atom is 0.221 e. The van der Waals surface area contributed by atoms with Crippen molar-refractivity contribution in [3.63, 3.8) is 0 Å². The molecular formula is C34H32N3O2Pt-. The molecule has 0 bridgehead atoms. The van der Waals surface area contributed by atoms with Crippen LogP contribution in [-0.2, 0) is 31.9 Å². The Morgan fingerprint density at radius 2 is 1.57 bits per heavy atom. The third kappa shape index (κ3) is 4.88. The minimum atomic E-state index is -0.239. The van der Waals surface area contributed by atoms with Gasteiger partial charge >= 0.3 is 0 Å². The molecule has 3 aromatic heterocycles. The number of rotatable bonds is 3. The molecule has 6 rings (SSSR count). The number of pyridine rings is 2. The van der Waals surface area contributed by atoms with Crippen molar-refractivity contribution in [2.24, 2.45) is 0 Å². The van der Waals surface area contributed by atoms with Crippen molar-refractivity contribution in [3.8, 4) is 23.2 Å². The summed E-state index contributed by atoms with van der Waals surface area (Å²) in [5, 5.41) is 14.0. The first kappa shape index (κ1) is 27.9. The molecule has 0 aliphatic heterocycles. The zero-order valence-corrected chi connectivity index (χ0v) is 25.8. The molecule has 0 unspecified atom stereocenters. The quantitative estimate of drug-likeness (QED) is 0.187. The van der Waals surface area contributed by atoms with Crippen LogP contribution in [0.5, 0.6) is 17.4 Å². The Morgan fingerprint density at radius 1 is 0.825 bits per heavy atom. The summed E-state index contributed by atoms with van der Waals surface area (Å²) < 4.78 is 8.59. The summed E-state index contributed by atoms with van der Waals surface area (Å²) in [6.45, 7) is 12.8. The Labute approximate surface area is 249 Å². The molecule has 0 saturated heterocycles. The molecule has 0 aliphatic rings. The Morgan fingerprint density at radius 3 is 2.27 bits per heavy atom. The van der Waals surface area contributed by atoms with Crippen LogP contribution in [0.2, 0.25) is 0 Å². The van der Waals surface area contributed by atoms with Crippen LogP contribution in [0, 0.1) is 6.07 Å². The third-order valence-electron chi connectivity index (χ3n) is 7.18. The van der Waals surface area contributed by atoms with E-state index in [4.69, 9.17) is 9.72 Å². The van der Waals surface area contributed by atoms with E-state index in [-0.39, 0.29) is 37.6 Å². The van der Waals surface area contributed by atoms with Crippen LogP contribution in [0.4, 0.5) is 0 Å². The van der Waals surface area contributed by atoms with Gasteiger partial charge in [-0.3, -0.25) is 0 Å². The molecule has 6 heteroatoms. The molecule has 0 aliphatic carbocycles. The van der Waals surface area contributed by atoms with Crippen LogP contribution >= 0.6 is 0 Å². The second kappa shape index (κ2) is 10.0. The number of phenols is 1. The van der Waals surface area contributed by atoms with E-state index in [1.54, 1.807) is 12.3 Å². The molecule has 3 heterocycles. The van der Waals surface area contributed by atoms with Crippen LogP contribution in [0.25, 0.3) is 38.5 Å². The molecule has 40 heavy (non-hydrogen) atoms. The Kier molecular flexibility index (Phi) is 7.00. The molecule has 6 aromatic rings. The van der Waals surface area contributed by atoms with E-state index in [0.29, 0.717) is 17.1 Å². The summed E-state index contributed by atoms with van der Waals surface area (Å²) >= 11 is 0. The number of hydrogen-bond acceptors (Lipinski definition) is 4. The van der Waals surface area contributed by atoms with Gasteiger partial charge in [-0.15, -0.1) is 17.5 Å². The number of fused-ring (bicyclic) bond motifs is 4. The largest absolute Gasteiger partial charge is 0.506 e. The van der Waals surface area contributed by atoms with Crippen molar-refractivity contribution in [1.82, 2.24) is 14.5 Å². The van der Waals surface area contributed by atoms with E-state index >= 15 is 0 Å². The zero-order valence-electron chi connectivity index (χ0n) is 23.5. The molecule has 0 amide bonds. The van der Waals surface area contributed by atoms with Gasteiger partial charge in [0.1, 0.15) is 17.1 Å². The molecule has 0 atom stereocenters. The molecule has 0 fully saturated rings. The number of para-hydroxylation sites is 1. The maximum atomic E-state index is 10.9. The van der Waals surface area contributed by atoms with Crippen LogP contribution in [0.3, 0.4) is 0 Å². The summed E-state index contributed by atoms with van der Waals surface area (Å²) in [6.07, 6.45) is 1.79. The van der Waals surface area contributed by atoms with Gasteiger partial charge in [-0.2, -0.15) is 6.07 Å². The molecule has 0 saturated carbocycles. The fourth-order valence-corrected chi connectivity index (χ4v) is 5.06. The molecule has 3 aromatic carbocycles. The van der Waals surface area contributed by atoms with Gasteiger partial charge in [-0.25, -0.2) is 9.97 Å². The topological polar surface area (TPSA) is 60.2 Å². The van der Waals surface area contributed by atoms with Gasteiger partial charge in [0, 0.05) is 49.5 Å². The van der Waals surface area contributed by atoms with Gasteiger partial charge in [0.25, 0.3) is 0 Å². The monoisotopic (exact) mass is 709 g/mol. The van der Waals surface area contributed by atoms with Gasteiger partial charge in [0.2, 0.25) is 5.88 Å². The minimum Gasteiger partial charge on any atom is -0.506 e. The van der Waals surface area contributed by atoms with Gasteiger partial charge in [-0.1, -0.05) is 71.3 Å². The summed E-state index contributed by atoms with van der Waals surface area (Å²) in [5.74, 6) is 1.98. The Hall–Kier alpha value is -3.69. The molecule has 0 radical (unpaired) electrons. The molecule has 1 N–H and O–H groups in total. The number of ether oxygens (including phenoxy) is 1. The van der Waals surface area contributed by atoms with Gasteiger partial charge in [0.05, 0.1) is 0 Å². The normalized spacial score (nSPS) is 12.2. The predicted octanol–water partition coefficient (Wildman–Crippen LogP) is 8.62. The van der Waals surface area contributed by atoms with E-state index in [1.165, 1.54) is 0 Å². The summed E-state index contributed by atoms with van der Waals surface area (Å²) in [6, 6.07) is 27.7. The van der Waals surface area contributed by atoms with Crippen LogP contribution in [-0.4, -0.2) is 19.6 Å². The number of aromatic hydroxyl groups is 1. The average Bonchev–Trinajstić information content (AvgIpc) is 3.21. The van der Waals surface area contributed by atoms with Gasteiger partial charge in [-0.05, 0) is 58.2 Å². The standard InChI is InChI=1S/C34H32N3O2.Pt/c1-33(2,3)22-17-21-18-26(34(4,5)6)32(36-31(21)29(38)19-22)39-23-14-15-25-24-11-7-8-12-27(24)37(28(25)20-23)30-13-9-10-16-35-30;/h7-19,38H,1-6H3;/q-1;. The maximum absolute atomic E-state index is 10.9. The second-order valence-electron chi connectivity index (χ2n) is 12.1. The SMILES string of the molecule is CC(C)(C)c1cc(O)c2nc(Oc3[c-]c4c(cc3)c3ccccc3n4-c3ccccn3)c(C(C)(C)C)cc2c1.[Pt]. The number of aromatic nitrogens is 3.